The van der Waals surface area contributed by atoms with Crippen LogP contribution in [0.2, 0.25) is 0 Å². The molecule has 0 radical (unpaired) electrons. The first kappa shape index (κ1) is 20.4. The Morgan fingerprint density at radius 3 is 2.63 bits per heavy atom. The summed E-state index contributed by atoms with van der Waals surface area (Å²) in [5.41, 5.74) is 4.94. The molecule has 2 N–H and O–H groups in total. The minimum atomic E-state index is -1.30. The van der Waals surface area contributed by atoms with Crippen LogP contribution in [0.4, 0.5) is 17.6 Å². The number of halogens is 4. The van der Waals surface area contributed by atoms with Crippen molar-refractivity contribution < 1.29 is 27.1 Å². The highest BCUT2D eigenvalue weighted by Gasteiger charge is 2.53. The van der Waals surface area contributed by atoms with Crippen molar-refractivity contribution in [2.24, 2.45) is 11.7 Å². The molecule has 158 valence electrons. The van der Waals surface area contributed by atoms with E-state index in [9.17, 15) is 22.4 Å². The van der Waals surface area contributed by atoms with E-state index in [-0.39, 0.29) is 42.5 Å². The van der Waals surface area contributed by atoms with Crippen LogP contribution in [0.15, 0.2) is 36.4 Å². The Morgan fingerprint density at radius 1 is 1.17 bits per heavy atom. The largest absolute Gasteiger partial charge is 0.490 e. The summed E-state index contributed by atoms with van der Waals surface area (Å²) in [4.78, 5) is 14.1. The van der Waals surface area contributed by atoms with E-state index >= 15 is 0 Å². The second kappa shape index (κ2) is 7.43. The van der Waals surface area contributed by atoms with Crippen LogP contribution in [0.25, 0.3) is 5.57 Å². The molecule has 30 heavy (non-hydrogen) atoms. The predicted octanol–water partition coefficient (Wildman–Crippen LogP) is 3.74. The van der Waals surface area contributed by atoms with Crippen molar-refractivity contribution in [3.63, 3.8) is 0 Å². The lowest BCUT2D eigenvalue weighted by Crippen LogP contribution is -2.54. The van der Waals surface area contributed by atoms with Gasteiger partial charge in [0, 0.05) is 36.6 Å². The lowest BCUT2D eigenvalue weighted by Gasteiger charge is -2.47. The molecule has 2 aliphatic rings. The Kier molecular flexibility index (Phi) is 5.05. The van der Waals surface area contributed by atoms with E-state index < -0.39 is 34.7 Å². The summed E-state index contributed by atoms with van der Waals surface area (Å²) in [7, 11) is 0. The van der Waals surface area contributed by atoms with E-state index in [0.29, 0.717) is 18.1 Å². The number of hydrogen-bond acceptors (Lipinski definition) is 3. The highest BCUT2D eigenvalue weighted by molar-refractivity contribution is 5.83. The first-order valence-electron chi connectivity index (χ1n) is 9.55. The Morgan fingerprint density at radius 2 is 1.93 bits per heavy atom. The van der Waals surface area contributed by atoms with Gasteiger partial charge in [-0.25, -0.2) is 17.6 Å². The molecule has 2 atom stereocenters. The number of amides is 1. The monoisotopic (exact) mass is 420 g/mol. The maximum atomic E-state index is 14.5. The van der Waals surface area contributed by atoms with Crippen LogP contribution in [-0.4, -0.2) is 30.5 Å². The number of carbonyl (C=O) groups is 1. The third kappa shape index (κ3) is 3.06. The van der Waals surface area contributed by atoms with Crippen molar-refractivity contribution in [2.75, 3.05) is 19.7 Å². The van der Waals surface area contributed by atoms with Gasteiger partial charge in [0.15, 0.2) is 11.6 Å². The van der Waals surface area contributed by atoms with Crippen molar-refractivity contribution in [3.8, 4) is 5.75 Å². The van der Waals surface area contributed by atoms with Gasteiger partial charge < -0.3 is 15.4 Å². The van der Waals surface area contributed by atoms with E-state index in [4.69, 9.17) is 10.5 Å². The zero-order valence-corrected chi connectivity index (χ0v) is 16.2. The minimum absolute atomic E-state index is 0.00506. The molecule has 4 nitrogen and oxygen atoms in total. The van der Waals surface area contributed by atoms with Crippen molar-refractivity contribution in [1.82, 2.24) is 4.90 Å². The quantitative estimate of drug-likeness (QED) is 0.770. The Balaban J connectivity index is 2.00. The molecule has 1 spiro atoms. The van der Waals surface area contributed by atoms with Gasteiger partial charge in [-0.3, -0.25) is 4.79 Å². The summed E-state index contributed by atoms with van der Waals surface area (Å²) in [6.07, 6.45) is 1.99. The van der Waals surface area contributed by atoms with Gasteiger partial charge in [-0.2, -0.15) is 0 Å². The molecular weight excluding hydrogens is 400 g/mol. The maximum Gasteiger partial charge on any atom is 0.220 e. The second-order valence-electron chi connectivity index (χ2n) is 7.57. The summed E-state index contributed by atoms with van der Waals surface area (Å²) in [6, 6.07) is 4.88. The lowest BCUT2D eigenvalue weighted by atomic mass is 9.73. The molecule has 2 heterocycles. The Bertz CT molecular complexity index is 1060. The summed E-state index contributed by atoms with van der Waals surface area (Å²) in [6.45, 7) is 1.55. The second-order valence-corrected chi connectivity index (χ2v) is 7.57. The van der Waals surface area contributed by atoms with Gasteiger partial charge in [0.25, 0.3) is 0 Å². The smallest absolute Gasteiger partial charge is 0.220 e. The SMILES string of the molecule is CC(=O)N1CC(c2cc(F)ccc2F)=CC12c1cc(F)cc(F)c1OCC2CCN. The average molecular weight is 420 g/mol. The number of fused-ring (bicyclic) bond motifs is 2. The number of nitrogens with zero attached hydrogens (tertiary/aromatic N) is 1. The standard InChI is InChI=1S/C22H20F4N2O2/c1-12(29)28-10-13(17-6-15(23)2-3-19(17)25)9-22(28)14(4-5-27)11-30-21-18(22)7-16(24)8-20(21)26/h2-3,6-9,14H,4-5,10-11,27H2,1H3. The first-order valence-corrected chi connectivity index (χ1v) is 9.55. The van der Waals surface area contributed by atoms with Crippen LogP contribution in [0, 0.1) is 29.2 Å². The highest BCUT2D eigenvalue weighted by Crippen LogP contribution is 2.52. The van der Waals surface area contributed by atoms with Crippen LogP contribution in [-0.2, 0) is 10.3 Å². The van der Waals surface area contributed by atoms with Crippen LogP contribution < -0.4 is 10.5 Å². The molecule has 0 saturated carbocycles. The predicted molar refractivity (Wildman–Crippen MR) is 102 cm³/mol. The van der Waals surface area contributed by atoms with Gasteiger partial charge in [0.1, 0.15) is 17.5 Å². The fourth-order valence-electron chi connectivity index (χ4n) is 4.57. The van der Waals surface area contributed by atoms with Gasteiger partial charge in [0.2, 0.25) is 5.91 Å². The minimum Gasteiger partial charge on any atom is -0.490 e. The van der Waals surface area contributed by atoms with Gasteiger partial charge in [-0.15, -0.1) is 0 Å². The van der Waals surface area contributed by atoms with E-state index in [1.165, 1.54) is 11.8 Å². The fraction of sp³-hybridized carbons (Fsp3) is 0.318. The summed E-state index contributed by atoms with van der Waals surface area (Å²) in [5.74, 6) is -3.98. The topological polar surface area (TPSA) is 55.6 Å². The molecule has 0 bridgehead atoms. The first-order chi connectivity index (χ1) is 14.3. The molecule has 0 fully saturated rings. The van der Waals surface area contributed by atoms with E-state index in [1.54, 1.807) is 6.08 Å². The van der Waals surface area contributed by atoms with Gasteiger partial charge >= 0.3 is 0 Å². The van der Waals surface area contributed by atoms with Crippen molar-refractivity contribution in [2.45, 2.75) is 18.9 Å². The van der Waals surface area contributed by atoms with Crippen LogP contribution in [0.5, 0.6) is 5.75 Å². The molecule has 0 aromatic heterocycles. The highest BCUT2D eigenvalue weighted by atomic mass is 19.1. The molecule has 2 aromatic rings. The van der Waals surface area contributed by atoms with E-state index in [0.717, 1.165) is 24.3 Å². The maximum absolute atomic E-state index is 14.5. The van der Waals surface area contributed by atoms with Gasteiger partial charge in [-0.05, 0) is 48.9 Å². The van der Waals surface area contributed by atoms with Crippen molar-refractivity contribution in [1.29, 1.82) is 0 Å². The number of hydrogen-bond donors (Lipinski definition) is 1. The zero-order chi connectivity index (χ0) is 21.6. The normalized spacial score (nSPS) is 22.7. The zero-order valence-electron chi connectivity index (χ0n) is 16.2. The number of benzene rings is 2. The van der Waals surface area contributed by atoms with E-state index in [2.05, 4.69) is 0 Å². The third-order valence-corrected chi connectivity index (χ3v) is 5.83. The Hall–Kier alpha value is -2.87. The van der Waals surface area contributed by atoms with Crippen LogP contribution in [0.3, 0.4) is 0 Å². The number of rotatable bonds is 3. The van der Waals surface area contributed by atoms with Gasteiger partial charge in [-0.1, -0.05) is 0 Å². The average Bonchev–Trinajstić information content (AvgIpc) is 3.08. The van der Waals surface area contributed by atoms with E-state index in [1.807, 2.05) is 0 Å². The van der Waals surface area contributed by atoms with Crippen LogP contribution in [0.1, 0.15) is 24.5 Å². The number of nitrogens with two attached hydrogens (primary N) is 1. The third-order valence-electron chi connectivity index (χ3n) is 5.83. The van der Waals surface area contributed by atoms with Gasteiger partial charge in [0.05, 0.1) is 12.1 Å². The molecular formula is C22H20F4N2O2. The molecule has 2 aromatic carbocycles. The molecule has 0 aliphatic carbocycles. The summed E-state index contributed by atoms with van der Waals surface area (Å²) in [5, 5.41) is 0. The van der Waals surface area contributed by atoms with Crippen molar-refractivity contribution >= 4 is 11.5 Å². The summed E-state index contributed by atoms with van der Waals surface area (Å²) < 4.78 is 62.6. The Labute approximate surface area is 170 Å². The number of carbonyl (C=O) groups excluding carboxylic acids is 1. The molecule has 4 rings (SSSR count). The lowest BCUT2D eigenvalue weighted by molar-refractivity contribution is -0.135. The fourth-order valence-corrected chi connectivity index (χ4v) is 4.57. The van der Waals surface area contributed by atoms with Crippen LogP contribution >= 0.6 is 0 Å². The summed E-state index contributed by atoms with van der Waals surface area (Å²) >= 11 is 0. The molecule has 0 saturated heterocycles. The molecule has 8 heteroatoms. The molecule has 2 unspecified atom stereocenters. The number of ether oxygens (including phenoxy) is 1. The molecule has 1 amide bonds. The van der Waals surface area contributed by atoms with Crippen molar-refractivity contribution in [3.05, 3.63) is 70.8 Å². The molecule has 2 aliphatic heterocycles.